The first-order valence-corrected chi connectivity index (χ1v) is 11.0. The molecule has 0 aliphatic carbocycles. The highest BCUT2D eigenvalue weighted by atomic mass is 32.2. The largest absolute Gasteiger partial charge is 0.493 e. The van der Waals surface area contributed by atoms with Crippen LogP contribution in [-0.2, 0) is 14.6 Å². The average molecular weight is 405 g/mol. The van der Waals surface area contributed by atoms with E-state index in [9.17, 15) is 13.2 Å². The lowest BCUT2D eigenvalue weighted by Gasteiger charge is -2.09. The first-order valence-electron chi connectivity index (χ1n) is 8.33. The van der Waals surface area contributed by atoms with Crippen molar-refractivity contribution >= 4 is 42.4 Å². The summed E-state index contributed by atoms with van der Waals surface area (Å²) in [4.78, 5) is 16.7. The molecule has 0 radical (unpaired) electrons. The molecule has 1 aromatic heterocycles. The molecule has 0 unspecified atom stereocenters. The molecule has 0 atom stereocenters. The third kappa shape index (κ3) is 4.84. The van der Waals surface area contributed by atoms with Gasteiger partial charge in [-0.3, -0.25) is 4.79 Å². The summed E-state index contributed by atoms with van der Waals surface area (Å²) in [5.41, 5.74) is 2.84. The molecule has 0 saturated carbocycles. The summed E-state index contributed by atoms with van der Waals surface area (Å²) >= 11 is 1.24. The quantitative estimate of drug-likeness (QED) is 0.677. The fourth-order valence-electron chi connectivity index (χ4n) is 2.59. The third-order valence-corrected chi connectivity index (χ3v) is 6.00. The zero-order valence-corrected chi connectivity index (χ0v) is 16.9. The molecule has 2 aromatic carbocycles. The molecule has 1 heterocycles. The van der Waals surface area contributed by atoms with Crippen molar-refractivity contribution < 1.29 is 17.9 Å². The maximum Gasteiger partial charge on any atom is 0.229 e. The predicted octanol–water partition coefficient (Wildman–Crippen LogP) is 3.72. The lowest BCUT2D eigenvalue weighted by Crippen LogP contribution is -2.15. The van der Waals surface area contributed by atoms with Gasteiger partial charge < -0.3 is 10.1 Å². The number of ether oxygens (including phenoxy) is 1. The maximum absolute atomic E-state index is 12.1. The standard InChI is InChI=1S/C19H20N2O4S2/c1-12-4-7-16(13(2)10-12)25-9-8-18(22)21-19-20-15-6-5-14(27(3,23)24)11-17(15)26-19/h4-7,10-11H,8-9H2,1-3H3,(H,20,21,22). The first kappa shape index (κ1) is 19.3. The topological polar surface area (TPSA) is 85.4 Å². The summed E-state index contributed by atoms with van der Waals surface area (Å²) < 4.78 is 29.7. The van der Waals surface area contributed by atoms with Crippen molar-refractivity contribution in [2.75, 3.05) is 18.2 Å². The number of carbonyl (C=O) groups is 1. The number of sulfone groups is 1. The van der Waals surface area contributed by atoms with Crippen LogP contribution in [0.4, 0.5) is 5.13 Å². The van der Waals surface area contributed by atoms with Crippen LogP contribution in [0, 0.1) is 13.8 Å². The van der Waals surface area contributed by atoms with Gasteiger partial charge in [0.1, 0.15) is 5.75 Å². The summed E-state index contributed by atoms with van der Waals surface area (Å²) in [6, 6.07) is 10.6. The van der Waals surface area contributed by atoms with Crippen LogP contribution in [0.25, 0.3) is 10.2 Å². The lowest BCUT2D eigenvalue weighted by molar-refractivity contribution is -0.116. The Morgan fingerprint density at radius 3 is 2.67 bits per heavy atom. The second-order valence-corrected chi connectivity index (χ2v) is 9.38. The summed E-state index contributed by atoms with van der Waals surface area (Å²) in [6.07, 6.45) is 1.35. The van der Waals surface area contributed by atoms with Gasteiger partial charge in [0.25, 0.3) is 0 Å². The molecule has 0 aliphatic rings. The van der Waals surface area contributed by atoms with Gasteiger partial charge in [-0.05, 0) is 43.7 Å². The number of benzene rings is 2. The van der Waals surface area contributed by atoms with E-state index >= 15 is 0 Å². The molecule has 0 aliphatic heterocycles. The van der Waals surface area contributed by atoms with E-state index in [1.165, 1.54) is 17.4 Å². The molecule has 1 amide bonds. The second kappa shape index (κ2) is 7.66. The molecule has 142 valence electrons. The Bertz CT molecular complexity index is 1100. The fraction of sp³-hybridized carbons (Fsp3) is 0.263. The SMILES string of the molecule is Cc1ccc(OCCC(=O)Nc2nc3ccc(S(C)(=O)=O)cc3s2)c(C)c1. The van der Waals surface area contributed by atoms with E-state index in [4.69, 9.17) is 4.74 Å². The number of amides is 1. The minimum Gasteiger partial charge on any atom is -0.493 e. The smallest absolute Gasteiger partial charge is 0.229 e. The number of rotatable bonds is 6. The number of anilines is 1. The van der Waals surface area contributed by atoms with Crippen molar-refractivity contribution in [2.24, 2.45) is 0 Å². The van der Waals surface area contributed by atoms with Gasteiger partial charge in [-0.25, -0.2) is 13.4 Å². The Morgan fingerprint density at radius 2 is 1.96 bits per heavy atom. The fourth-order valence-corrected chi connectivity index (χ4v) is 4.23. The van der Waals surface area contributed by atoms with E-state index in [0.29, 0.717) is 15.3 Å². The Balaban J connectivity index is 1.60. The number of hydrogen-bond acceptors (Lipinski definition) is 6. The van der Waals surface area contributed by atoms with E-state index in [-0.39, 0.29) is 23.8 Å². The normalized spacial score (nSPS) is 11.5. The monoisotopic (exact) mass is 404 g/mol. The molecular weight excluding hydrogens is 384 g/mol. The van der Waals surface area contributed by atoms with E-state index < -0.39 is 9.84 Å². The molecule has 8 heteroatoms. The van der Waals surface area contributed by atoms with Crippen LogP contribution >= 0.6 is 11.3 Å². The maximum atomic E-state index is 12.1. The van der Waals surface area contributed by atoms with Crippen molar-refractivity contribution in [3.63, 3.8) is 0 Å². The zero-order chi connectivity index (χ0) is 19.6. The van der Waals surface area contributed by atoms with Crippen LogP contribution in [0.15, 0.2) is 41.3 Å². The minimum absolute atomic E-state index is 0.192. The van der Waals surface area contributed by atoms with E-state index in [0.717, 1.165) is 23.1 Å². The van der Waals surface area contributed by atoms with Crippen LogP contribution in [0.3, 0.4) is 0 Å². The van der Waals surface area contributed by atoms with Crippen LogP contribution in [0.2, 0.25) is 0 Å². The summed E-state index contributed by atoms with van der Waals surface area (Å²) in [7, 11) is -3.28. The molecule has 0 saturated heterocycles. The predicted molar refractivity (Wildman–Crippen MR) is 107 cm³/mol. The number of fused-ring (bicyclic) bond motifs is 1. The number of hydrogen-bond donors (Lipinski definition) is 1. The minimum atomic E-state index is -3.28. The van der Waals surface area contributed by atoms with E-state index in [1.807, 2.05) is 32.0 Å². The van der Waals surface area contributed by atoms with Crippen molar-refractivity contribution in [3.05, 3.63) is 47.5 Å². The van der Waals surface area contributed by atoms with Crippen LogP contribution in [-0.4, -0.2) is 32.2 Å². The van der Waals surface area contributed by atoms with Crippen molar-refractivity contribution in [1.82, 2.24) is 4.98 Å². The number of nitrogens with zero attached hydrogens (tertiary/aromatic N) is 1. The molecule has 27 heavy (non-hydrogen) atoms. The Labute approximate surface area is 162 Å². The van der Waals surface area contributed by atoms with Gasteiger partial charge in [0.15, 0.2) is 15.0 Å². The highest BCUT2D eigenvalue weighted by molar-refractivity contribution is 7.90. The lowest BCUT2D eigenvalue weighted by atomic mass is 10.1. The van der Waals surface area contributed by atoms with Gasteiger partial charge in [0, 0.05) is 6.26 Å². The highest BCUT2D eigenvalue weighted by Gasteiger charge is 2.12. The number of carbonyl (C=O) groups excluding carboxylic acids is 1. The molecule has 6 nitrogen and oxygen atoms in total. The number of thiazole rings is 1. The van der Waals surface area contributed by atoms with Crippen molar-refractivity contribution in [3.8, 4) is 5.75 Å². The number of nitrogens with one attached hydrogen (secondary N) is 1. The van der Waals surface area contributed by atoms with Crippen molar-refractivity contribution in [1.29, 1.82) is 0 Å². The van der Waals surface area contributed by atoms with Gasteiger partial charge in [-0.15, -0.1) is 0 Å². The number of aryl methyl sites for hydroxylation is 2. The summed E-state index contributed by atoms with van der Waals surface area (Å²) in [6.45, 7) is 4.24. The van der Waals surface area contributed by atoms with Gasteiger partial charge in [-0.1, -0.05) is 29.0 Å². The molecule has 0 spiro atoms. The van der Waals surface area contributed by atoms with Crippen LogP contribution in [0.5, 0.6) is 5.75 Å². The Kier molecular flexibility index (Phi) is 5.48. The average Bonchev–Trinajstić information content (AvgIpc) is 2.97. The molecule has 3 rings (SSSR count). The van der Waals surface area contributed by atoms with E-state index in [2.05, 4.69) is 10.3 Å². The van der Waals surface area contributed by atoms with Gasteiger partial charge in [-0.2, -0.15) is 0 Å². The summed E-state index contributed by atoms with van der Waals surface area (Å²) in [5, 5.41) is 3.18. The third-order valence-electron chi connectivity index (χ3n) is 3.95. The highest BCUT2D eigenvalue weighted by Crippen LogP contribution is 2.28. The molecule has 0 fully saturated rings. The van der Waals surface area contributed by atoms with Crippen molar-refractivity contribution in [2.45, 2.75) is 25.2 Å². The summed E-state index contributed by atoms with van der Waals surface area (Å²) in [5.74, 6) is 0.559. The molecule has 3 aromatic rings. The van der Waals surface area contributed by atoms with Gasteiger partial charge >= 0.3 is 0 Å². The Hall–Kier alpha value is -2.45. The van der Waals surface area contributed by atoms with Crippen LogP contribution < -0.4 is 10.1 Å². The van der Waals surface area contributed by atoms with Gasteiger partial charge in [0.2, 0.25) is 5.91 Å². The second-order valence-electron chi connectivity index (χ2n) is 6.34. The molecule has 1 N–H and O–H groups in total. The number of aromatic nitrogens is 1. The first-order chi connectivity index (χ1) is 12.7. The molecule has 0 bridgehead atoms. The molecular formula is C19H20N2O4S2. The zero-order valence-electron chi connectivity index (χ0n) is 15.3. The van der Waals surface area contributed by atoms with Gasteiger partial charge in [0.05, 0.1) is 28.1 Å². The van der Waals surface area contributed by atoms with E-state index in [1.54, 1.807) is 12.1 Å². The Morgan fingerprint density at radius 1 is 1.19 bits per heavy atom. The van der Waals surface area contributed by atoms with Crippen LogP contribution in [0.1, 0.15) is 17.5 Å².